The van der Waals surface area contributed by atoms with Gasteiger partial charge in [0, 0.05) is 10.8 Å². The maximum atomic E-state index is 11.5. The largest absolute Gasteiger partial charge is 0.396 e. The first-order valence-corrected chi connectivity index (χ1v) is 6.90. The van der Waals surface area contributed by atoms with E-state index in [1.807, 2.05) is 25.1 Å². The van der Waals surface area contributed by atoms with Gasteiger partial charge in [-0.1, -0.05) is 23.7 Å². The number of carbonyl (C=O) groups is 1. The molecule has 0 bridgehead atoms. The molecule has 0 fully saturated rings. The van der Waals surface area contributed by atoms with E-state index >= 15 is 0 Å². The minimum absolute atomic E-state index is 0.0316. The molecule has 2 N–H and O–H groups in total. The van der Waals surface area contributed by atoms with E-state index in [0.717, 1.165) is 5.56 Å². The summed E-state index contributed by atoms with van der Waals surface area (Å²) >= 11 is 7.30. The van der Waals surface area contributed by atoms with Crippen LogP contribution < -0.4 is 5.32 Å². The van der Waals surface area contributed by atoms with Gasteiger partial charge in [-0.25, -0.2) is 0 Å². The quantitative estimate of drug-likeness (QED) is 0.782. The van der Waals surface area contributed by atoms with Crippen molar-refractivity contribution in [3.05, 3.63) is 34.9 Å². The van der Waals surface area contributed by atoms with Crippen LogP contribution in [0.2, 0.25) is 5.02 Å². The molecule has 0 saturated carbocycles. The lowest BCUT2D eigenvalue weighted by molar-refractivity contribution is -0.119. The normalized spacial score (nSPS) is 12.2. The number of nitrogens with one attached hydrogen (secondary N) is 1. The van der Waals surface area contributed by atoms with Crippen LogP contribution in [0.1, 0.15) is 18.5 Å². The number of thioether (sulfide) groups is 1. The number of carbonyl (C=O) groups excluding carboxylic acids is 1. The summed E-state index contributed by atoms with van der Waals surface area (Å²) in [5, 5.41) is 12.1. The third-order valence-electron chi connectivity index (χ3n) is 2.19. The number of aliphatic hydroxyl groups excluding tert-OH is 1. The number of benzene rings is 1. The Morgan fingerprint density at radius 1 is 1.59 bits per heavy atom. The smallest absolute Gasteiger partial charge is 0.230 e. The molecule has 0 unspecified atom stereocenters. The Kier molecular flexibility index (Phi) is 6.40. The molecule has 17 heavy (non-hydrogen) atoms. The Hall–Kier alpha value is -0.710. The Morgan fingerprint density at radius 2 is 2.35 bits per heavy atom. The molecule has 1 amide bonds. The van der Waals surface area contributed by atoms with Gasteiger partial charge in [-0.15, -0.1) is 11.8 Å². The fourth-order valence-electron chi connectivity index (χ4n) is 1.37. The van der Waals surface area contributed by atoms with Crippen molar-refractivity contribution in [2.45, 2.75) is 13.0 Å². The van der Waals surface area contributed by atoms with Crippen LogP contribution in [0, 0.1) is 0 Å². The van der Waals surface area contributed by atoms with Crippen molar-refractivity contribution in [1.29, 1.82) is 0 Å². The van der Waals surface area contributed by atoms with Gasteiger partial charge in [0.05, 0.1) is 18.4 Å². The Morgan fingerprint density at radius 3 is 3.00 bits per heavy atom. The van der Waals surface area contributed by atoms with E-state index in [9.17, 15) is 4.79 Å². The molecular formula is C12H16ClNO2S. The molecule has 1 rings (SSSR count). The molecular weight excluding hydrogens is 258 g/mol. The van der Waals surface area contributed by atoms with Crippen LogP contribution in [0.3, 0.4) is 0 Å². The summed E-state index contributed by atoms with van der Waals surface area (Å²) in [6.45, 7) is 2.02. The van der Waals surface area contributed by atoms with E-state index < -0.39 is 0 Å². The number of rotatable bonds is 6. The highest BCUT2D eigenvalue weighted by Gasteiger charge is 2.09. The summed E-state index contributed by atoms with van der Waals surface area (Å²) in [4.78, 5) is 11.5. The molecule has 0 radical (unpaired) electrons. The summed E-state index contributed by atoms with van der Waals surface area (Å²) in [6.07, 6.45) is 0. The van der Waals surface area contributed by atoms with Crippen LogP contribution in [0.5, 0.6) is 0 Å². The minimum atomic E-state index is -0.0593. The summed E-state index contributed by atoms with van der Waals surface area (Å²) in [5.74, 6) is 0.917. The van der Waals surface area contributed by atoms with Gasteiger partial charge in [0.2, 0.25) is 5.91 Å². The van der Waals surface area contributed by atoms with Crippen molar-refractivity contribution in [1.82, 2.24) is 5.32 Å². The molecule has 1 aromatic rings. The lowest BCUT2D eigenvalue weighted by Gasteiger charge is -2.14. The molecule has 0 saturated heterocycles. The highest BCUT2D eigenvalue weighted by atomic mass is 35.5. The van der Waals surface area contributed by atoms with Gasteiger partial charge < -0.3 is 10.4 Å². The molecule has 1 atom stereocenters. The first-order valence-electron chi connectivity index (χ1n) is 5.37. The first kappa shape index (κ1) is 14.4. The van der Waals surface area contributed by atoms with E-state index in [2.05, 4.69) is 5.32 Å². The Balaban J connectivity index is 2.43. The van der Waals surface area contributed by atoms with E-state index in [0.29, 0.717) is 16.5 Å². The van der Waals surface area contributed by atoms with Crippen molar-refractivity contribution in [2.24, 2.45) is 0 Å². The van der Waals surface area contributed by atoms with Gasteiger partial charge in [-0.2, -0.15) is 0 Å². The molecule has 0 aliphatic rings. The summed E-state index contributed by atoms with van der Waals surface area (Å²) < 4.78 is 0. The van der Waals surface area contributed by atoms with Crippen LogP contribution in [0.15, 0.2) is 24.3 Å². The molecule has 5 heteroatoms. The monoisotopic (exact) mass is 273 g/mol. The van der Waals surface area contributed by atoms with Crippen molar-refractivity contribution in [2.75, 3.05) is 18.1 Å². The molecule has 94 valence electrons. The second-order valence-electron chi connectivity index (χ2n) is 3.62. The van der Waals surface area contributed by atoms with E-state index in [4.69, 9.17) is 16.7 Å². The second-order valence-corrected chi connectivity index (χ2v) is 5.16. The Labute approximate surface area is 111 Å². The third kappa shape index (κ3) is 5.44. The fraction of sp³-hybridized carbons (Fsp3) is 0.417. The summed E-state index contributed by atoms with van der Waals surface area (Å²) in [7, 11) is 0. The maximum Gasteiger partial charge on any atom is 0.230 e. The number of aliphatic hydroxyl groups is 1. The molecule has 0 spiro atoms. The zero-order valence-electron chi connectivity index (χ0n) is 9.65. The zero-order chi connectivity index (χ0) is 12.7. The number of hydrogen-bond acceptors (Lipinski definition) is 3. The molecule has 0 heterocycles. The second kappa shape index (κ2) is 7.58. The fourth-order valence-corrected chi connectivity index (χ4v) is 2.11. The van der Waals surface area contributed by atoms with Crippen LogP contribution in [-0.2, 0) is 4.79 Å². The summed E-state index contributed by atoms with van der Waals surface area (Å²) in [6, 6.07) is 7.37. The van der Waals surface area contributed by atoms with Gasteiger partial charge >= 0.3 is 0 Å². The van der Waals surface area contributed by atoms with Crippen molar-refractivity contribution >= 4 is 29.3 Å². The highest BCUT2D eigenvalue weighted by molar-refractivity contribution is 7.99. The molecule has 0 aromatic heterocycles. The predicted molar refractivity (Wildman–Crippen MR) is 72.4 cm³/mol. The number of halogens is 1. The number of amides is 1. The van der Waals surface area contributed by atoms with Crippen LogP contribution in [0.4, 0.5) is 0 Å². The zero-order valence-corrected chi connectivity index (χ0v) is 11.2. The minimum Gasteiger partial charge on any atom is -0.396 e. The third-order valence-corrected chi connectivity index (χ3v) is 3.37. The SMILES string of the molecule is C[C@H](NC(=O)CSCCO)c1cccc(Cl)c1. The average Bonchev–Trinajstić information content (AvgIpc) is 2.29. The molecule has 0 aliphatic carbocycles. The predicted octanol–water partition coefficient (Wildman–Crippen LogP) is 2.24. The standard InChI is InChI=1S/C12H16ClNO2S/c1-9(10-3-2-4-11(13)7-10)14-12(16)8-17-6-5-15/h2-4,7,9,15H,5-6,8H2,1H3,(H,14,16)/t9-/m0/s1. The van der Waals surface area contributed by atoms with Crippen molar-refractivity contribution in [3.8, 4) is 0 Å². The van der Waals surface area contributed by atoms with Gasteiger partial charge in [0.15, 0.2) is 0 Å². The summed E-state index contributed by atoms with van der Waals surface area (Å²) in [5.41, 5.74) is 0.984. The van der Waals surface area contributed by atoms with E-state index in [1.54, 1.807) is 6.07 Å². The first-order chi connectivity index (χ1) is 8.13. The highest BCUT2D eigenvalue weighted by Crippen LogP contribution is 2.17. The van der Waals surface area contributed by atoms with Gasteiger partial charge in [-0.05, 0) is 24.6 Å². The topological polar surface area (TPSA) is 49.3 Å². The van der Waals surface area contributed by atoms with Crippen molar-refractivity contribution < 1.29 is 9.90 Å². The van der Waals surface area contributed by atoms with E-state index in [-0.39, 0.29) is 18.6 Å². The van der Waals surface area contributed by atoms with Gasteiger partial charge in [0.25, 0.3) is 0 Å². The van der Waals surface area contributed by atoms with Crippen LogP contribution in [-0.4, -0.2) is 29.1 Å². The lowest BCUT2D eigenvalue weighted by atomic mass is 10.1. The van der Waals surface area contributed by atoms with Crippen LogP contribution in [0.25, 0.3) is 0 Å². The number of hydrogen-bond donors (Lipinski definition) is 2. The maximum absolute atomic E-state index is 11.5. The molecule has 3 nitrogen and oxygen atoms in total. The molecule has 0 aliphatic heterocycles. The Bertz CT molecular complexity index is 373. The molecule has 1 aromatic carbocycles. The van der Waals surface area contributed by atoms with Gasteiger partial charge in [-0.3, -0.25) is 4.79 Å². The van der Waals surface area contributed by atoms with E-state index in [1.165, 1.54) is 11.8 Å². The van der Waals surface area contributed by atoms with Crippen LogP contribution >= 0.6 is 23.4 Å². The van der Waals surface area contributed by atoms with Crippen molar-refractivity contribution in [3.63, 3.8) is 0 Å². The van der Waals surface area contributed by atoms with Gasteiger partial charge in [0.1, 0.15) is 0 Å². The lowest BCUT2D eigenvalue weighted by Crippen LogP contribution is -2.28. The average molecular weight is 274 g/mol.